The number of hydrogen-bond donors (Lipinski definition) is 2. The standard InChI is InChI=1S/C14H22N2O5S2.ClH/c1-20-11-7-12(13(17)21-2)22-14(11)23(18,19)16-10(8-15)9-5-3-4-6-9;/h7,9-10,16H,3-6,8,15H2,1-2H3;1H. The maximum Gasteiger partial charge on any atom is 0.348 e. The summed E-state index contributed by atoms with van der Waals surface area (Å²) >= 11 is 0.828. The van der Waals surface area contributed by atoms with Crippen molar-refractivity contribution < 1.29 is 22.7 Å². The molecule has 1 saturated carbocycles. The van der Waals surface area contributed by atoms with E-state index in [9.17, 15) is 13.2 Å². The Bertz CT molecular complexity index is 656. The summed E-state index contributed by atoms with van der Waals surface area (Å²) in [5, 5.41) is 0. The summed E-state index contributed by atoms with van der Waals surface area (Å²) in [6, 6.07) is 1.06. The van der Waals surface area contributed by atoms with Gasteiger partial charge in [0.05, 0.1) is 14.2 Å². The van der Waals surface area contributed by atoms with Crippen LogP contribution in [-0.4, -0.2) is 41.2 Å². The molecule has 3 N–H and O–H groups in total. The lowest BCUT2D eigenvalue weighted by molar-refractivity contribution is 0.0606. The third kappa shape index (κ3) is 4.60. The van der Waals surface area contributed by atoms with Crippen LogP contribution in [0, 0.1) is 5.92 Å². The Balaban J connectivity index is 0.00000288. The molecule has 10 heteroatoms. The molecule has 1 aromatic rings. The van der Waals surface area contributed by atoms with Crippen molar-refractivity contribution in [1.82, 2.24) is 4.72 Å². The van der Waals surface area contributed by atoms with Gasteiger partial charge in [0, 0.05) is 18.7 Å². The molecule has 0 spiro atoms. The highest BCUT2D eigenvalue weighted by atomic mass is 35.5. The first-order chi connectivity index (χ1) is 10.9. The number of hydrogen-bond acceptors (Lipinski definition) is 7. The number of carbonyl (C=O) groups excluding carboxylic acids is 1. The average Bonchev–Trinajstić information content (AvgIpc) is 3.21. The molecule has 1 atom stereocenters. The van der Waals surface area contributed by atoms with Crippen LogP contribution in [0.15, 0.2) is 10.3 Å². The van der Waals surface area contributed by atoms with Crippen molar-refractivity contribution >= 4 is 39.7 Å². The van der Waals surface area contributed by atoms with E-state index in [4.69, 9.17) is 10.5 Å². The minimum absolute atomic E-state index is 0. The predicted octanol–water partition coefficient (Wildman–Crippen LogP) is 1.76. The van der Waals surface area contributed by atoms with Crippen molar-refractivity contribution in [2.24, 2.45) is 11.7 Å². The van der Waals surface area contributed by atoms with Crippen LogP contribution in [0.3, 0.4) is 0 Å². The zero-order chi connectivity index (χ0) is 17.0. The van der Waals surface area contributed by atoms with Crippen LogP contribution in [-0.2, 0) is 14.8 Å². The fraction of sp³-hybridized carbons (Fsp3) is 0.643. The van der Waals surface area contributed by atoms with E-state index in [2.05, 4.69) is 9.46 Å². The summed E-state index contributed by atoms with van der Waals surface area (Å²) in [4.78, 5) is 11.8. The zero-order valence-electron chi connectivity index (χ0n) is 13.6. The molecule has 1 heterocycles. The number of carbonyl (C=O) groups is 1. The third-order valence-corrected chi connectivity index (χ3v) is 7.15. The molecular weight excluding hydrogens is 376 g/mol. The predicted molar refractivity (Wildman–Crippen MR) is 94.6 cm³/mol. The summed E-state index contributed by atoms with van der Waals surface area (Å²) in [5.41, 5.74) is 5.75. The van der Waals surface area contributed by atoms with Gasteiger partial charge in [0.25, 0.3) is 10.0 Å². The molecule has 1 aromatic heterocycles. The lowest BCUT2D eigenvalue weighted by Crippen LogP contribution is -2.44. The van der Waals surface area contributed by atoms with Crippen LogP contribution in [0.5, 0.6) is 5.75 Å². The third-order valence-electron chi connectivity index (χ3n) is 4.05. The summed E-state index contributed by atoms with van der Waals surface area (Å²) in [6.45, 7) is 0.238. The van der Waals surface area contributed by atoms with E-state index >= 15 is 0 Å². The lowest BCUT2D eigenvalue weighted by Gasteiger charge is -2.22. The molecule has 0 saturated heterocycles. The van der Waals surface area contributed by atoms with E-state index in [1.54, 1.807) is 0 Å². The molecule has 0 aromatic carbocycles. The molecule has 0 aliphatic heterocycles. The van der Waals surface area contributed by atoms with Crippen molar-refractivity contribution in [2.75, 3.05) is 20.8 Å². The molecule has 0 radical (unpaired) electrons. The highest BCUT2D eigenvalue weighted by molar-refractivity contribution is 7.91. The number of halogens is 1. The number of rotatable bonds is 7. The van der Waals surface area contributed by atoms with Crippen molar-refractivity contribution in [1.29, 1.82) is 0 Å². The Morgan fingerprint density at radius 2 is 2.04 bits per heavy atom. The Hall–Kier alpha value is -0.870. The lowest BCUT2D eigenvalue weighted by atomic mass is 9.99. The van der Waals surface area contributed by atoms with Crippen molar-refractivity contribution in [3.8, 4) is 5.75 Å². The van der Waals surface area contributed by atoms with Crippen LogP contribution in [0.4, 0.5) is 0 Å². The van der Waals surface area contributed by atoms with E-state index in [-0.39, 0.29) is 45.7 Å². The highest BCUT2D eigenvalue weighted by Crippen LogP contribution is 2.35. The molecule has 24 heavy (non-hydrogen) atoms. The first-order valence-electron chi connectivity index (χ1n) is 7.41. The Labute approximate surface area is 152 Å². The average molecular weight is 399 g/mol. The first kappa shape index (κ1) is 21.2. The van der Waals surface area contributed by atoms with E-state index in [0.29, 0.717) is 0 Å². The summed E-state index contributed by atoms with van der Waals surface area (Å²) in [5.74, 6) is -0.216. The molecule has 0 amide bonds. The summed E-state index contributed by atoms with van der Waals surface area (Å²) < 4.78 is 37.7. The molecule has 2 rings (SSSR count). The fourth-order valence-electron chi connectivity index (χ4n) is 2.84. The number of esters is 1. The van der Waals surface area contributed by atoms with Gasteiger partial charge in [-0.15, -0.1) is 23.7 Å². The van der Waals surface area contributed by atoms with Crippen molar-refractivity contribution in [2.45, 2.75) is 35.9 Å². The van der Waals surface area contributed by atoms with Gasteiger partial charge < -0.3 is 15.2 Å². The molecule has 138 valence electrons. The van der Waals surface area contributed by atoms with Gasteiger partial charge in [-0.25, -0.2) is 17.9 Å². The SMILES string of the molecule is COC(=O)c1cc(OC)c(S(=O)(=O)NC(CN)C2CCCC2)s1.Cl. The van der Waals surface area contributed by atoms with E-state index in [0.717, 1.165) is 37.0 Å². The Morgan fingerprint density at radius 3 is 2.54 bits per heavy atom. The maximum absolute atomic E-state index is 12.7. The van der Waals surface area contributed by atoms with Gasteiger partial charge in [0.1, 0.15) is 4.88 Å². The van der Waals surface area contributed by atoms with Crippen LogP contribution in [0.2, 0.25) is 0 Å². The Kier molecular flexibility index (Phi) is 7.94. The van der Waals surface area contributed by atoms with Gasteiger partial charge in [-0.3, -0.25) is 0 Å². The topological polar surface area (TPSA) is 108 Å². The Morgan fingerprint density at radius 1 is 1.42 bits per heavy atom. The number of methoxy groups -OCH3 is 2. The number of ether oxygens (including phenoxy) is 2. The number of sulfonamides is 1. The second kappa shape index (κ2) is 9.00. The van der Waals surface area contributed by atoms with Crippen LogP contribution in [0.25, 0.3) is 0 Å². The van der Waals surface area contributed by atoms with E-state index in [1.165, 1.54) is 20.3 Å². The molecular formula is C14H23ClN2O5S2. The van der Waals surface area contributed by atoms with Gasteiger partial charge >= 0.3 is 5.97 Å². The number of nitrogens with one attached hydrogen (secondary N) is 1. The molecule has 0 bridgehead atoms. The normalized spacial score (nSPS) is 16.5. The second-order valence-corrected chi connectivity index (χ2v) is 8.43. The van der Waals surface area contributed by atoms with E-state index in [1.807, 2.05) is 0 Å². The van der Waals surface area contributed by atoms with Gasteiger partial charge in [-0.05, 0) is 18.8 Å². The minimum Gasteiger partial charge on any atom is -0.494 e. The molecule has 1 aliphatic rings. The first-order valence-corrected chi connectivity index (χ1v) is 9.71. The largest absolute Gasteiger partial charge is 0.494 e. The smallest absolute Gasteiger partial charge is 0.348 e. The van der Waals surface area contributed by atoms with Crippen molar-refractivity contribution in [3.63, 3.8) is 0 Å². The number of thiophene rings is 1. The minimum atomic E-state index is -3.82. The van der Waals surface area contributed by atoms with Gasteiger partial charge in [-0.2, -0.15) is 0 Å². The van der Waals surface area contributed by atoms with Crippen molar-refractivity contribution in [3.05, 3.63) is 10.9 Å². The van der Waals surface area contributed by atoms with Crippen LogP contribution < -0.4 is 15.2 Å². The maximum atomic E-state index is 12.7. The van der Waals surface area contributed by atoms with Crippen LogP contribution >= 0.6 is 23.7 Å². The summed E-state index contributed by atoms with van der Waals surface area (Å²) in [6.07, 6.45) is 4.13. The zero-order valence-corrected chi connectivity index (χ0v) is 16.1. The quantitative estimate of drug-likeness (QED) is 0.677. The van der Waals surface area contributed by atoms with Gasteiger partial charge in [-0.1, -0.05) is 12.8 Å². The molecule has 1 unspecified atom stereocenters. The second-order valence-electron chi connectivity index (χ2n) is 5.47. The molecule has 1 aliphatic carbocycles. The highest BCUT2D eigenvalue weighted by Gasteiger charge is 2.32. The van der Waals surface area contributed by atoms with E-state index < -0.39 is 16.0 Å². The fourth-order valence-corrected chi connectivity index (χ4v) is 5.67. The monoisotopic (exact) mass is 398 g/mol. The molecule has 1 fully saturated rings. The molecule has 7 nitrogen and oxygen atoms in total. The van der Waals surface area contributed by atoms with Crippen LogP contribution in [0.1, 0.15) is 35.4 Å². The summed E-state index contributed by atoms with van der Waals surface area (Å²) in [7, 11) is -1.21. The van der Waals surface area contributed by atoms with Gasteiger partial charge in [0.15, 0.2) is 9.96 Å². The van der Waals surface area contributed by atoms with Gasteiger partial charge in [0.2, 0.25) is 0 Å². The number of nitrogens with two attached hydrogens (primary N) is 1.